The van der Waals surface area contributed by atoms with Crippen LogP contribution >= 0.6 is 0 Å². The third kappa shape index (κ3) is 7.34. The molecule has 0 aliphatic carbocycles. The van der Waals surface area contributed by atoms with Crippen molar-refractivity contribution in [3.8, 4) is 0 Å². The molecule has 0 radical (unpaired) electrons. The van der Waals surface area contributed by atoms with Crippen molar-refractivity contribution in [3.05, 3.63) is 0 Å². The van der Waals surface area contributed by atoms with Gasteiger partial charge in [0.1, 0.15) is 6.04 Å². The number of rotatable bonds is 9. The highest BCUT2D eigenvalue weighted by atomic mass is 16.5. The Morgan fingerprint density at radius 1 is 1.24 bits per heavy atom. The molecule has 0 aromatic carbocycles. The first-order valence-electron chi connectivity index (χ1n) is 6.70. The zero-order chi connectivity index (χ0) is 13.3. The quantitative estimate of drug-likeness (QED) is 0.626. The molecule has 17 heavy (non-hydrogen) atoms. The molecule has 1 N–H and O–H groups in total. The van der Waals surface area contributed by atoms with Gasteiger partial charge in [-0.05, 0) is 26.4 Å². The molecule has 1 unspecified atom stereocenters. The average Bonchev–Trinajstić information content (AvgIpc) is 2.28. The summed E-state index contributed by atoms with van der Waals surface area (Å²) in [7, 11) is 0. The molecule has 0 spiro atoms. The molecule has 0 rings (SSSR count). The van der Waals surface area contributed by atoms with Crippen molar-refractivity contribution >= 4 is 5.97 Å². The molecule has 102 valence electrons. The molecule has 0 bridgehead atoms. The van der Waals surface area contributed by atoms with Crippen molar-refractivity contribution in [1.29, 1.82) is 0 Å². The lowest BCUT2D eigenvalue weighted by atomic mass is 10.1. The molecule has 0 aromatic heterocycles. The van der Waals surface area contributed by atoms with Crippen LogP contribution in [0.1, 0.15) is 41.0 Å². The van der Waals surface area contributed by atoms with E-state index in [9.17, 15) is 4.79 Å². The highest BCUT2D eigenvalue weighted by Crippen LogP contribution is 2.01. The summed E-state index contributed by atoms with van der Waals surface area (Å²) in [6, 6.07) is 0.108. The zero-order valence-corrected chi connectivity index (χ0v) is 12.0. The first-order chi connectivity index (χ1) is 8.04. The van der Waals surface area contributed by atoms with E-state index in [0.29, 0.717) is 12.6 Å². The Morgan fingerprint density at radius 3 is 2.24 bits per heavy atom. The van der Waals surface area contributed by atoms with Crippen LogP contribution in [0.15, 0.2) is 0 Å². The molecular formula is C13H28N2O2. The first-order valence-corrected chi connectivity index (χ1v) is 6.70. The first kappa shape index (κ1) is 16.4. The van der Waals surface area contributed by atoms with Crippen LogP contribution < -0.4 is 5.32 Å². The van der Waals surface area contributed by atoms with Gasteiger partial charge in [0.05, 0.1) is 6.61 Å². The second kappa shape index (κ2) is 9.42. The van der Waals surface area contributed by atoms with Gasteiger partial charge in [0.2, 0.25) is 0 Å². The van der Waals surface area contributed by atoms with E-state index in [2.05, 4.69) is 24.1 Å². The molecule has 4 heteroatoms. The summed E-state index contributed by atoms with van der Waals surface area (Å²) in [5.41, 5.74) is 0. The minimum Gasteiger partial charge on any atom is -0.465 e. The number of ether oxygens (including phenoxy) is 1. The Balaban J connectivity index is 4.22. The summed E-state index contributed by atoms with van der Waals surface area (Å²) in [6.07, 6.45) is 0.804. The molecule has 4 nitrogen and oxygen atoms in total. The minimum atomic E-state index is -0.185. The average molecular weight is 244 g/mol. The number of carbonyl (C=O) groups is 1. The Hall–Kier alpha value is -0.610. The van der Waals surface area contributed by atoms with Crippen LogP contribution in [-0.2, 0) is 9.53 Å². The van der Waals surface area contributed by atoms with Gasteiger partial charge in [-0.1, -0.05) is 27.7 Å². The van der Waals surface area contributed by atoms with Gasteiger partial charge in [-0.15, -0.1) is 0 Å². The smallest absolute Gasteiger partial charge is 0.323 e. The monoisotopic (exact) mass is 244 g/mol. The second-order valence-corrected chi connectivity index (χ2v) is 4.44. The van der Waals surface area contributed by atoms with Gasteiger partial charge in [0.15, 0.2) is 0 Å². The zero-order valence-electron chi connectivity index (χ0n) is 12.0. The van der Waals surface area contributed by atoms with E-state index in [1.807, 2.05) is 20.8 Å². The fourth-order valence-electron chi connectivity index (χ4n) is 1.77. The topological polar surface area (TPSA) is 41.6 Å². The molecule has 0 aromatic rings. The van der Waals surface area contributed by atoms with Crippen LogP contribution in [0.3, 0.4) is 0 Å². The third-order valence-corrected chi connectivity index (χ3v) is 2.73. The molecule has 1 atom stereocenters. The van der Waals surface area contributed by atoms with Gasteiger partial charge in [-0.2, -0.15) is 0 Å². The molecule has 0 saturated carbocycles. The van der Waals surface area contributed by atoms with Gasteiger partial charge < -0.3 is 15.0 Å². The number of nitrogens with one attached hydrogen (secondary N) is 1. The molecule has 0 heterocycles. The fourth-order valence-corrected chi connectivity index (χ4v) is 1.77. The number of carbonyl (C=O) groups excluding carboxylic acids is 1. The second-order valence-electron chi connectivity index (χ2n) is 4.44. The Labute approximate surface area is 106 Å². The summed E-state index contributed by atoms with van der Waals surface area (Å²) >= 11 is 0. The highest BCUT2D eigenvalue weighted by molar-refractivity contribution is 5.75. The van der Waals surface area contributed by atoms with Crippen LogP contribution in [0.25, 0.3) is 0 Å². The van der Waals surface area contributed by atoms with Crippen molar-refractivity contribution in [2.24, 2.45) is 0 Å². The SMILES string of the molecule is CCOC(=O)C(CCN(CC)CC)NC(C)C. The predicted octanol–water partition coefficient (Wildman–Crippen LogP) is 1.65. The Bertz CT molecular complexity index is 204. The largest absolute Gasteiger partial charge is 0.465 e. The number of nitrogens with zero attached hydrogens (tertiary/aromatic N) is 1. The van der Waals surface area contributed by atoms with Crippen molar-refractivity contribution < 1.29 is 9.53 Å². The summed E-state index contributed by atoms with van der Waals surface area (Å²) in [5, 5.41) is 3.27. The lowest BCUT2D eigenvalue weighted by Crippen LogP contribution is -2.44. The van der Waals surface area contributed by atoms with Crippen molar-refractivity contribution in [3.63, 3.8) is 0 Å². The van der Waals surface area contributed by atoms with E-state index < -0.39 is 0 Å². The molecule has 0 aliphatic heterocycles. The maximum Gasteiger partial charge on any atom is 0.323 e. The standard InChI is InChI=1S/C13H28N2O2/c1-6-15(7-2)10-9-12(14-11(4)5)13(16)17-8-3/h11-12,14H,6-10H2,1-5H3. The van der Waals surface area contributed by atoms with Gasteiger partial charge >= 0.3 is 5.97 Å². The Morgan fingerprint density at radius 2 is 1.82 bits per heavy atom. The van der Waals surface area contributed by atoms with E-state index in [0.717, 1.165) is 26.1 Å². The van der Waals surface area contributed by atoms with E-state index >= 15 is 0 Å². The normalized spacial score (nSPS) is 13.1. The van der Waals surface area contributed by atoms with Crippen molar-refractivity contribution in [2.45, 2.75) is 53.1 Å². The van der Waals surface area contributed by atoms with E-state index in [1.54, 1.807) is 0 Å². The molecule has 0 saturated heterocycles. The van der Waals surface area contributed by atoms with Crippen molar-refractivity contribution in [2.75, 3.05) is 26.2 Å². The summed E-state index contributed by atoms with van der Waals surface area (Å²) < 4.78 is 5.08. The minimum absolute atomic E-state index is 0.131. The van der Waals surface area contributed by atoms with Gasteiger partial charge in [-0.25, -0.2) is 0 Å². The molecule has 0 amide bonds. The lowest BCUT2D eigenvalue weighted by molar-refractivity contribution is -0.146. The fraction of sp³-hybridized carbons (Fsp3) is 0.923. The summed E-state index contributed by atoms with van der Waals surface area (Å²) in [5.74, 6) is -0.131. The van der Waals surface area contributed by atoms with E-state index in [4.69, 9.17) is 4.74 Å². The van der Waals surface area contributed by atoms with Crippen LogP contribution in [0.5, 0.6) is 0 Å². The maximum absolute atomic E-state index is 11.8. The van der Waals surface area contributed by atoms with Gasteiger partial charge in [-0.3, -0.25) is 4.79 Å². The lowest BCUT2D eigenvalue weighted by Gasteiger charge is -2.23. The molecule has 0 fully saturated rings. The predicted molar refractivity (Wildman–Crippen MR) is 71.1 cm³/mol. The van der Waals surface area contributed by atoms with Crippen LogP contribution in [-0.4, -0.2) is 49.2 Å². The number of hydrogen-bond acceptors (Lipinski definition) is 4. The molecular weight excluding hydrogens is 216 g/mol. The Kier molecular flexibility index (Phi) is 9.09. The van der Waals surface area contributed by atoms with Crippen LogP contribution in [0.2, 0.25) is 0 Å². The summed E-state index contributed by atoms with van der Waals surface area (Å²) in [4.78, 5) is 14.1. The van der Waals surface area contributed by atoms with Crippen molar-refractivity contribution in [1.82, 2.24) is 10.2 Å². The van der Waals surface area contributed by atoms with E-state index in [1.165, 1.54) is 0 Å². The molecule has 0 aliphatic rings. The van der Waals surface area contributed by atoms with Gasteiger partial charge in [0.25, 0.3) is 0 Å². The summed E-state index contributed by atoms with van der Waals surface area (Å²) in [6.45, 7) is 13.6. The maximum atomic E-state index is 11.8. The van der Waals surface area contributed by atoms with Crippen LogP contribution in [0, 0.1) is 0 Å². The third-order valence-electron chi connectivity index (χ3n) is 2.73. The van der Waals surface area contributed by atoms with Crippen LogP contribution in [0.4, 0.5) is 0 Å². The number of esters is 1. The van der Waals surface area contributed by atoms with Gasteiger partial charge in [0, 0.05) is 12.6 Å². The number of hydrogen-bond donors (Lipinski definition) is 1. The highest BCUT2D eigenvalue weighted by Gasteiger charge is 2.20. The van der Waals surface area contributed by atoms with E-state index in [-0.39, 0.29) is 12.0 Å².